The quantitative estimate of drug-likeness (QED) is 0.938. The highest BCUT2D eigenvalue weighted by Gasteiger charge is 2.04. The van der Waals surface area contributed by atoms with E-state index in [1.54, 1.807) is 10.7 Å². The van der Waals surface area contributed by atoms with Gasteiger partial charge in [0.15, 0.2) is 0 Å². The average Bonchev–Trinajstić information content (AvgIpc) is 2.71. The molecular weight excluding hydrogens is 273 g/mol. The summed E-state index contributed by atoms with van der Waals surface area (Å²) in [6.45, 7) is 0.700. The molecule has 0 saturated heterocycles. The molecule has 0 radical (unpaired) electrons. The van der Waals surface area contributed by atoms with E-state index in [0.717, 1.165) is 5.69 Å². The van der Waals surface area contributed by atoms with Gasteiger partial charge in [0.1, 0.15) is 5.82 Å². The van der Waals surface area contributed by atoms with E-state index in [-0.39, 0.29) is 5.82 Å². The number of hydrogen-bond donors (Lipinski definition) is 1. The standard InChI is InChI=1S/C11H11BrFN3/c1-14-7-8-4-5-16(15-8)9-2-3-10(12)11(13)6-9/h2-6,14H,7H2,1H3. The van der Waals surface area contributed by atoms with Crippen LogP contribution in [0.15, 0.2) is 34.9 Å². The molecule has 0 saturated carbocycles. The second kappa shape index (κ2) is 4.76. The van der Waals surface area contributed by atoms with Crippen LogP contribution in [-0.2, 0) is 6.54 Å². The molecule has 0 unspecified atom stereocenters. The normalized spacial score (nSPS) is 10.7. The fourth-order valence-electron chi connectivity index (χ4n) is 1.41. The summed E-state index contributed by atoms with van der Waals surface area (Å²) in [6, 6.07) is 6.82. The topological polar surface area (TPSA) is 29.9 Å². The van der Waals surface area contributed by atoms with Gasteiger partial charge in [0, 0.05) is 18.8 Å². The summed E-state index contributed by atoms with van der Waals surface area (Å²) >= 11 is 3.12. The third-order valence-electron chi connectivity index (χ3n) is 2.17. The third-order valence-corrected chi connectivity index (χ3v) is 2.81. The molecule has 16 heavy (non-hydrogen) atoms. The molecule has 1 aromatic heterocycles. The molecule has 3 nitrogen and oxygen atoms in total. The van der Waals surface area contributed by atoms with Crippen molar-refractivity contribution in [1.29, 1.82) is 0 Å². The summed E-state index contributed by atoms with van der Waals surface area (Å²) < 4.78 is 15.4. The smallest absolute Gasteiger partial charge is 0.139 e. The van der Waals surface area contributed by atoms with E-state index in [2.05, 4.69) is 26.3 Å². The molecule has 0 aliphatic heterocycles. The number of halogens is 2. The molecule has 84 valence electrons. The summed E-state index contributed by atoms with van der Waals surface area (Å²) in [6.07, 6.45) is 1.81. The van der Waals surface area contributed by atoms with E-state index in [0.29, 0.717) is 16.7 Å². The van der Waals surface area contributed by atoms with E-state index in [9.17, 15) is 4.39 Å². The van der Waals surface area contributed by atoms with Crippen LogP contribution >= 0.6 is 15.9 Å². The Labute approximate surface area is 101 Å². The summed E-state index contributed by atoms with van der Waals surface area (Å²) in [5.41, 5.74) is 1.63. The first-order chi connectivity index (χ1) is 7.70. The van der Waals surface area contributed by atoms with Crippen LogP contribution in [0.4, 0.5) is 4.39 Å². The molecular formula is C11H11BrFN3. The molecule has 1 aromatic carbocycles. The van der Waals surface area contributed by atoms with Gasteiger partial charge in [0.05, 0.1) is 15.9 Å². The first-order valence-corrected chi connectivity index (χ1v) is 5.64. The monoisotopic (exact) mass is 283 g/mol. The third kappa shape index (κ3) is 2.31. The lowest BCUT2D eigenvalue weighted by atomic mass is 10.3. The number of nitrogens with one attached hydrogen (secondary N) is 1. The van der Waals surface area contributed by atoms with Crippen molar-refractivity contribution in [2.45, 2.75) is 6.54 Å². The fraction of sp³-hybridized carbons (Fsp3) is 0.182. The molecule has 0 spiro atoms. The first kappa shape index (κ1) is 11.3. The lowest BCUT2D eigenvalue weighted by Gasteiger charge is -2.02. The van der Waals surface area contributed by atoms with Gasteiger partial charge in [-0.05, 0) is 41.2 Å². The average molecular weight is 284 g/mol. The van der Waals surface area contributed by atoms with Crippen LogP contribution in [0.3, 0.4) is 0 Å². The highest BCUT2D eigenvalue weighted by molar-refractivity contribution is 9.10. The van der Waals surface area contributed by atoms with Crippen LogP contribution in [-0.4, -0.2) is 16.8 Å². The minimum atomic E-state index is -0.289. The Hall–Kier alpha value is -1.20. The Balaban J connectivity index is 2.31. The van der Waals surface area contributed by atoms with E-state index in [1.807, 2.05) is 25.4 Å². The molecule has 0 aliphatic carbocycles. The minimum Gasteiger partial charge on any atom is -0.314 e. The predicted octanol–water partition coefficient (Wildman–Crippen LogP) is 2.49. The predicted molar refractivity (Wildman–Crippen MR) is 64.0 cm³/mol. The Morgan fingerprint density at radius 2 is 2.25 bits per heavy atom. The van der Waals surface area contributed by atoms with E-state index < -0.39 is 0 Å². The van der Waals surface area contributed by atoms with Crippen LogP contribution < -0.4 is 5.32 Å². The maximum Gasteiger partial charge on any atom is 0.139 e. The van der Waals surface area contributed by atoms with Gasteiger partial charge in [-0.2, -0.15) is 5.10 Å². The van der Waals surface area contributed by atoms with Gasteiger partial charge in [0.2, 0.25) is 0 Å². The zero-order valence-corrected chi connectivity index (χ0v) is 10.3. The minimum absolute atomic E-state index is 0.289. The Morgan fingerprint density at radius 3 is 2.94 bits per heavy atom. The van der Waals surface area contributed by atoms with Crippen molar-refractivity contribution >= 4 is 15.9 Å². The van der Waals surface area contributed by atoms with Crippen molar-refractivity contribution in [1.82, 2.24) is 15.1 Å². The number of rotatable bonds is 3. The highest BCUT2D eigenvalue weighted by atomic mass is 79.9. The van der Waals surface area contributed by atoms with E-state index in [4.69, 9.17) is 0 Å². The van der Waals surface area contributed by atoms with Crippen molar-refractivity contribution in [2.75, 3.05) is 7.05 Å². The maximum atomic E-state index is 13.3. The van der Waals surface area contributed by atoms with Gasteiger partial charge in [0.25, 0.3) is 0 Å². The van der Waals surface area contributed by atoms with Crippen LogP contribution in [0.25, 0.3) is 5.69 Å². The summed E-state index contributed by atoms with van der Waals surface area (Å²) in [5, 5.41) is 7.33. The van der Waals surface area contributed by atoms with Gasteiger partial charge in [-0.1, -0.05) is 0 Å². The first-order valence-electron chi connectivity index (χ1n) is 4.85. The molecule has 0 aliphatic rings. The van der Waals surface area contributed by atoms with Gasteiger partial charge in [-0.15, -0.1) is 0 Å². The van der Waals surface area contributed by atoms with Gasteiger partial charge < -0.3 is 5.32 Å². The fourth-order valence-corrected chi connectivity index (χ4v) is 1.66. The van der Waals surface area contributed by atoms with Gasteiger partial charge in [-0.25, -0.2) is 9.07 Å². The van der Waals surface area contributed by atoms with Gasteiger partial charge in [-0.3, -0.25) is 0 Å². The summed E-state index contributed by atoms with van der Waals surface area (Å²) in [4.78, 5) is 0. The zero-order valence-electron chi connectivity index (χ0n) is 8.74. The molecule has 2 rings (SSSR count). The SMILES string of the molecule is CNCc1ccn(-c2ccc(Br)c(F)c2)n1. The molecule has 0 amide bonds. The summed E-state index contributed by atoms with van der Waals surface area (Å²) in [7, 11) is 1.86. The molecule has 5 heteroatoms. The Morgan fingerprint density at radius 1 is 1.44 bits per heavy atom. The van der Waals surface area contributed by atoms with Crippen molar-refractivity contribution in [2.24, 2.45) is 0 Å². The van der Waals surface area contributed by atoms with Crippen molar-refractivity contribution < 1.29 is 4.39 Å². The van der Waals surface area contributed by atoms with Crippen LogP contribution in [0.2, 0.25) is 0 Å². The van der Waals surface area contributed by atoms with E-state index >= 15 is 0 Å². The number of aromatic nitrogens is 2. The second-order valence-electron chi connectivity index (χ2n) is 3.38. The van der Waals surface area contributed by atoms with Crippen molar-refractivity contribution in [3.8, 4) is 5.69 Å². The van der Waals surface area contributed by atoms with E-state index in [1.165, 1.54) is 6.07 Å². The van der Waals surface area contributed by atoms with Crippen molar-refractivity contribution in [3.63, 3.8) is 0 Å². The lowest BCUT2D eigenvalue weighted by Crippen LogP contribution is -2.06. The number of benzene rings is 1. The molecule has 2 aromatic rings. The molecule has 0 bridgehead atoms. The van der Waals surface area contributed by atoms with Crippen LogP contribution in [0, 0.1) is 5.82 Å². The molecule has 0 fully saturated rings. The summed E-state index contributed by atoms with van der Waals surface area (Å²) in [5.74, 6) is -0.289. The largest absolute Gasteiger partial charge is 0.314 e. The van der Waals surface area contributed by atoms with Crippen LogP contribution in [0.5, 0.6) is 0 Å². The zero-order chi connectivity index (χ0) is 11.5. The van der Waals surface area contributed by atoms with Crippen molar-refractivity contribution in [3.05, 3.63) is 46.4 Å². The number of nitrogens with zero attached hydrogens (tertiary/aromatic N) is 2. The van der Waals surface area contributed by atoms with Crippen LogP contribution in [0.1, 0.15) is 5.69 Å². The van der Waals surface area contributed by atoms with Gasteiger partial charge >= 0.3 is 0 Å². The maximum absolute atomic E-state index is 13.3. The lowest BCUT2D eigenvalue weighted by molar-refractivity contribution is 0.618. The Bertz CT molecular complexity index is 496. The second-order valence-corrected chi connectivity index (χ2v) is 4.23. The highest BCUT2D eigenvalue weighted by Crippen LogP contribution is 2.18. The number of hydrogen-bond acceptors (Lipinski definition) is 2. The molecule has 1 N–H and O–H groups in total. The molecule has 0 atom stereocenters. The molecule has 1 heterocycles. The Kier molecular flexibility index (Phi) is 3.36.